The van der Waals surface area contributed by atoms with Gasteiger partial charge in [0.2, 0.25) is 0 Å². The molecule has 0 atom stereocenters. The van der Waals surface area contributed by atoms with Crippen molar-refractivity contribution in [3.63, 3.8) is 0 Å². The molecule has 0 bridgehead atoms. The van der Waals surface area contributed by atoms with E-state index in [0.717, 1.165) is 32.1 Å². The summed E-state index contributed by atoms with van der Waals surface area (Å²) in [5.74, 6) is -0.684. The molecular formula is C14H24O2. The SMILES string of the molecule is CCCC=CC/C=C\CCCCCC(=O)O. The Labute approximate surface area is 99.1 Å². The predicted octanol–water partition coefficient (Wildman–Crippen LogP) is 4.32. The molecule has 0 aromatic rings. The first-order valence-electron chi connectivity index (χ1n) is 6.29. The summed E-state index contributed by atoms with van der Waals surface area (Å²) < 4.78 is 0. The molecule has 0 unspecified atom stereocenters. The fourth-order valence-electron chi connectivity index (χ4n) is 1.39. The predicted molar refractivity (Wildman–Crippen MR) is 68.5 cm³/mol. The standard InChI is InChI=1S/C14H24O2/c1-2-3-4-5-6-7-8-9-10-11-12-13-14(15)16/h4-5,7-8H,2-3,6,9-13H2,1H3,(H,15,16)/b5-4?,8-7-. The zero-order valence-electron chi connectivity index (χ0n) is 10.3. The number of allylic oxidation sites excluding steroid dienone is 4. The third-order valence-electron chi connectivity index (χ3n) is 2.32. The molecule has 0 saturated heterocycles. The van der Waals surface area contributed by atoms with Gasteiger partial charge in [-0.05, 0) is 32.1 Å². The van der Waals surface area contributed by atoms with Crippen LogP contribution in [0.2, 0.25) is 0 Å². The highest BCUT2D eigenvalue weighted by Crippen LogP contribution is 2.04. The van der Waals surface area contributed by atoms with Crippen LogP contribution >= 0.6 is 0 Å². The average molecular weight is 224 g/mol. The molecule has 0 aliphatic rings. The molecule has 92 valence electrons. The molecule has 0 rings (SSSR count). The number of hydrogen-bond acceptors (Lipinski definition) is 1. The number of aliphatic carboxylic acids is 1. The molecular weight excluding hydrogens is 200 g/mol. The van der Waals surface area contributed by atoms with Gasteiger partial charge in [0.1, 0.15) is 0 Å². The van der Waals surface area contributed by atoms with Gasteiger partial charge in [-0.3, -0.25) is 4.79 Å². The van der Waals surface area contributed by atoms with Crippen molar-refractivity contribution in [2.75, 3.05) is 0 Å². The lowest BCUT2D eigenvalue weighted by Crippen LogP contribution is -1.93. The minimum Gasteiger partial charge on any atom is -0.481 e. The van der Waals surface area contributed by atoms with Gasteiger partial charge >= 0.3 is 5.97 Å². The molecule has 0 amide bonds. The van der Waals surface area contributed by atoms with Crippen molar-refractivity contribution in [2.24, 2.45) is 0 Å². The second kappa shape index (κ2) is 12.0. The molecule has 0 aliphatic carbocycles. The maximum atomic E-state index is 10.2. The molecule has 0 aliphatic heterocycles. The molecule has 0 aromatic heterocycles. The highest BCUT2D eigenvalue weighted by molar-refractivity contribution is 5.66. The van der Waals surface area contributed by atoms with Crippen LogP contribution in [-0.2, 0) is 4.79 Å². The molecule has 2 heteroatoms. The normalized spacial score (nSPS) is 11.6. The second-order valence-corrected chi connectivity index (χ2v) is 3.96. The fourth-order valence-corrected chi connectivity index (χ4v) is 1.39. The van der Waals surface area contributed by atoms with E-state index in [1.807, 2.05) is 0 Å². The molecule has 2 nitrogen and oxygen atoms in total. The summed E-state index contributed by atoms with van der Waals surface area (Å²) in [6.45, 7) is 2.18. The fraction of sp³-hybridized carbons (Fsp3) is 0.643. The smallest absolute Gasteiger partial charge is 0.303 e. The van der Waals surface area contributed by atoms with E-state index in [-0.39, 0.29) is 0 Å². The zero-order valence-corrected chi connectivity index (χ0v) is 10.3. The van der Waals surface area contributed by atoms with Crippen molar-refractivity contribution in [1.82, 2.24) is 0 Å². The van der Waals surface area contributed by atoms with Crippen molar-refractivity contribution < 1.29 is 9.90 Å². The highest BCUT2D eigenvalue weighted by atomic mass is 16.4. The van der Waals surface area contributed by atoms with E-state index < -0.39 is 5.97 Å². The molecule has 0 spiro atoms. The van der Waals surface area contributed by atoms with Crippen LogP contribution in [0, 0.1) is 0 Å². The van der Waals surface area contributed by atoms with Crippen LogP contribution in [0.25, 0.3) is 0 Å². The third-order valence-corrected chi connectivity index (χ3v) is 2.32. The first kappa shape index (κ1) is 14.9. The maximum Gasteiger partial charge on any atom is 0.303 e. The van der Waals surface area contributed by atoms with Gasteiger partial charge in [0.25, 0.3) is 0 Å². The quantitative estimate of drug-likeness (QED) is 0.443. The van der Waals surface area contributed by atoms with Crippen LogP contribution in [0.4, 0.5) is 0 Å². The Hall–Kier alpha value is -1.05. The number of carboxylic acids is 1. The zero-order chi connectivity index (χ0) is 12.1. The van der Waals surface area contributed by atoms with Gasteiger partial charge in [-0.2, -0.15) is 0 Å². The lowest BCUT2D eigenvalue weighted by atomic mass is 10.1. The van der Waals surface area contributed by atoms with E-state index in [1.165, 1.54) is 12.8 Å². The van der Waals surface area contributed by atoms with Gasteiger partial charge in [0, 0.05) is 6.42 Å². The van der Waals surface area contributed by atoms with Gasteiger partial charge in [-0.25, -0.2) is 0 Å². The Balaban J connectivity index is 3.18. The minimum atomic E-state index is -0.684. The van der Waals surface area contributed by atoms with Gasteiger partial charge < -0.3 is 5.11 Å². The first-order valence-corrected chi connectivity index (χ1v) is 6.29. The highest BCUT2D eigenvalue weighted by Gasteiger charge is 1.94. The lowest BCUT2D eigenvalue weighted by Gasteiger charge is -1.94. The van der Waals surface area contributed by atoms with Gasteiger partial charge in [0.05, 0.1) is 0 Å². The summed E-state index contributed by atoms with van der Waals surface area (Å²) in [7, 11) is 0. The average Bonchev–Trinajstić information content (AvgIpc) is 2.25. The number of rotatable bonds is 10. The number of carboxylic acid groups (broad SMARTS) is 1. The minimum absolute atomic E-state index is 0.309. The van der Waals surface area contributed by atoms with Crippen LogP contribution in [-0.4, -0.2) is 11.1 Å². The third kappa shape index (κ3) is 12.9. The van der Waals surface area contributed by atoms with Gasteiger partial charge in [-0.15, -0.1) is 0 Å². The first-order chi connectivity index (χ1) is 7.77. The van der Waals surface area contributed by atoms with Gasteiger partial charge in [-0.1, -0.05) is 44.1 Å². The monoisotopic (exact) mass is 224 g/mol. The molecule has 0 fully saturated rings. The van der Waals surface area contributed by atoms with Crippen LogP contribution in [0.3, 0.4) is 0 Å². The van der Waals surface area contributed by atoms with E-state index in [9.17, 15) is 4.79 Å². The number of unbranched alkanes of at least 4 members (excludes halogenated alkanes) is 4. The maximum absolute atomic E-state index is 10.2. The summed E-state index contributed by atoms with van der Waals surface area (Å²) in [4.78, 5) is 10.2. The summed E-state index contributed by atoms with van der Waals surface area (Å²) in [6.07, 6.45) is 16.5. The summed E-state index contributed by atoms with van der Waals surface area (Å²) in [5, 5.41) is 8.44. The largest absolute Gasteiger partial charge is 0.481 e. The molecule has 1 N–H and O–H groups in total. The number of carbonyl (C=O) groups is 1. The van der Waals surface area contributed by atoms with E-state index >= 15 is 0 Å². The Bertz CT molecular complexity index is 217. The van der Waals surface area contributed by atoms with Crippen LogP contribution in [0.15, 0.2) is 24.3 Å². The molecule has 0 aromatic carbocycles. The van der Waals surface area contributed by atoms with E-state index in [2.05, 4.69) is 31.2 Å². The second-order valence-electron chi connectivity index (χ2n) is 3.96. The van der Waals surface area contributed by atoms with Crippen LogP contribution in [0.5, 0.6) is 0 Å². The Kier molecular flexibility index (Phi) is 11.2. The topological polar surface area (TPSA) is 37.3 Å². The molecule has 0 radical (unpaired) electrons. The van der Waals surface area contributed by atoms with Crippen LogP contribution < -0.4 is 0 Å². The van der Waals surface area contributed by atoms with Crippen LogP contribution in [0.1, 0.15) is 58.3 Å². The Morgan fingerprint density at radius 3 is 2.31 bits per heavy atom. The van der Waals surface area contributed by atoms with Crippen molar-refractivity contribution in [3.05, 3.63) is 24.3 Å². The Morgan fingerprint density at radius 1 is 1.00 bits per heavy atom. The van der Waals surface area contributed by atoms with E-state index in [1.54, 1.807) is 0 Å². The van der Waals surface area contributed by atoms with E-state index in [4.69, 9.17) is 5.11 Å². The molecule has 0 heterocycles. The van der Waals surface area contributed by atoms with Crippen molar-refractivity contribution in [2.45, 2.75) is 58.3 Å². The molecule has 0 saturated carbocycles. The summed E-state index contributed by atoms with van der Waals surface area (Å²) in [5.41, 5.74) is 0. The van der Waals surface area contributed by atoms with Crippen molar-refractivity contribution >= 4 is 5.97 Å². The summed E-state index contributed by atoms with van der Waals surface area (Å²) >= 11 is 0. The Morgan fingerprint density at radius 2 is 1.69 bits per heavy atom. The van der Waals surface area contributed by atoms with Gasteiger partial charge in [0.15, 0.2) is 0 Å². The van der Waals surface area contributed by atoms with E-state index in [0.29, 0.717) is 6.42 Å². The van der Waals surface area contributed by atoms with Crippen molar-refractivity contribution in [1.29, 1.82) is 0 Å². The van der Waals surface area contributed by atoms with Crippen molar-refractivity contribution in [3.8, 4) is 0 Å². The number of hydrogen-bond donors (Lipinski definition) is 1. The molecule has 16 heavy (non-hydrogen) atoms. The summed E-state index contributed by atoms with van der Waals surface area (Å²) in [6, 6.07) is 0. The lowest BCUT2D eigenvalue weighted by molar-refractivity contribution is -0.137.